The van der Waals surface area contributed by atoms with Crippen molar-refractivity contribution in [3.05, 3.63) is 17.5 Å². The summed E-state index contributed by atoms with van der Waals surface area (Å²) >= 11 is 0. The highest BCUT2D eigenvalue weighted by molar-refractivity contribution is 5.24. The topological polar surface area (TPSA) is 33.1 Å². The zero-order valence-corrected chi connectivity index (χ0v) is 12.2. The van der Waals surface area contributed by atoms with Crippen LogP contribution in [0.1, 0.15) is 49.4 Å². The van der Waals surface area contributed by atoms with Crippen LogP contribution < -0.4 is 5.32 Å². The van der Waals surface area contributed by atoms with Crippen molar-refractivity contribution in [3.8, 4) is 0 Å². The Labute approximate surface area is 116 Å². The Morgan fingerprint density at radius 2 is 2.16 bits per heavy atom. The van der Waals surface area contributed by atoms with Crippen molar-refractivity contribution in [2.45, 2.75) is 50.6 Å². The molecule has 2 aliphatic rings. The average Bonchev–Trinajstić information content (AvgIpc) is 2.81. The van der Waals surface area contributed by atoms with Crippen LogP contribution in [0.5, 0.6) is 0 Å². The molecule has 1 aromatic rings. The van der Waals surface area contributed by atoms with E-state index >= 15 is 0 Å². The van der Waals surface area contributed by atoms with Crippen LogP contribution in [0.3, 0.4) is 0 Å². The fraction of sp³-hybridized carbons (Fsp3) is 0.800. The Bertz CT molecular complexity index is 426. The number of nitrogens with zero attached hydrogens (tertiary/aromatic N) is 3. The standard InChI is InChI=1S/C15H26N4/c1-18-9-4-3-6-12(18)10-16-14-7-5-8-15-13(14)11-17-19(15)2/h11-12,14,16H,3-10H2,1-2H3. The summed E-state index contributed by atoms with van der Waals surface area (Å²) in [6.07, 6.45) is 9.89. The van der Waals surface area contributed by atoms with E-state index in [1.807, 2.05) is 0 Å². The van der Waals surface area contributed by atoms with E-state index in [2.05, 4.69) is 40.3 Å². The molecule has 0 aromatic carbocycles. The van der Waals surface area contributed by atoms with Gasteiger partial charge in [-0.1, -0.05) is 6.42 Å². The van der Waals surface area contributed by atoms with E-state index in [1.54, 1.807) is 0 Å². The highest BCUT2D eigenvalue weighted by Crippen LogP contribution is 2.29. The lowest BCUT2D eigenvalue weighted by Crippen LogP contribution is -2.44. The van der Waals surface area contributed by atoms with Gasteiger partial charge in [0.1, 0.15) is 0 Å². The third-order valence-corrected chi connectivity index (χ3v) is 4.90. The van der Waals surface area contributed by atoms with Gasteiger partial charge in [-0.15, -0.1) is 0 Å². The predicted molar refractivity (Wildman–Crippen MR) is 77.2 cm³/mol. The molecule has 3 rings (SSSR count). The smallest absolute Gasteiger partial charge is 0.0540 e. The second-order valence-electron chi connectivity index (χ2n) is 6.15. The van der Waals surface area contributed by atoms with Gasteiger partial charge in [-0.25, -0.2) is 0 Å². The van der Waals surface area contributed by atoms with Crippen LogP contribution in [-0.2, 0) is 13.5 Å². The molecule has 2 atom stereocenters. The minimum Gasteiger partial charge on any atom is -0.308 e. The van der Waals surface area contributed by atoms with Gasteiger partial charge in [0.05, 0.1) is 6.20 Å². The molecule has 0 saturated carbocycles. The van der Waals surface area contributed by atoms with Crippen molar-refractivity contribution in [1.29, 1.82) is 0 Å². The number of likely N-dealkylation sites (N-methyl/N-ethyl adjacent to an activating group) is 1. The first-order chi connectivity index (χ1) is 9.25. The normalized spacial score (nSPS) is 28.3. The fourth-order valence-corrected chi connectivity index (χ4v) is 3.60. The average molecular weight is 262 g/mol. The van der Waals surface area contributed by atoms with Gasteiger partial charge in [0.15, 0.2) is 0 Å². The van der Waals surface area contributed by atoms with Gasteiger partial charge >= 0.3 is 0 Å². The highest BCUT2D eigenvalue weighted by atomic mass is 15.3. The van der Waals surface area contributed by atoms with E-state index in [-0.39, 0.29) is 0 Å². The fourth-order valence-electron chi connectivity index (χ4n) is 3.60. The Morgan fingerprint density at radius 1 is 1.26 bits per heavy atom. The first-order valence-corrected chi connectivity index (χ1v) is 7.70. The van der Waals surface area contributed by atoms with Gasteiger partial charge < -0.3 is 10.2 Å². The molecule has 1 aliphatic carbocycles. The summed E-state index contributed by atoms with van der Waals surface area (Å²) in [6, 6.07) is 1.24. The highest BCUT2D eigenvalue weighted by Gasteiger charge is 2.25. The van der Waals surface area contributed by atoms with Gasteiger partial charge in [0, 0.05) is 36.9 Å². The van der Waals surface area contributed by atoms with Crippen LogP contribution in [0.25, 0.3) is 0 Å². The van der Waals surface area contributed by atoms with Crippen molar-refractivity contribution >= 4 is 0 Å². The van der Waals surface area contributed by atoms with E-state index in [4.69, 9.17) is 0 Å². The third-order valence-electron chi connectivity index (χ3n) is 4.90. The largest absolute Gasteiger partial charge is 0.308 e. The molecule has 0 amide bonds. The zero-order valence-electron chi connectivity index (χ0n) is 12.2. The maximum Gasteiger partial charge on any atom is 0.0540 e. The van der Waals surface area contributed by atoms with Gasteiger partial charge in [0.25, 0.3) is 0 Å². The van der Waals surface area contributed by atoms with Crippen LogP contribution >= 0.6 is 0 Å². The molecule has 4 nitrogen and oxygen atoms in total. The maximum absolute atomic E-state index is 4.42. The molecule has 1 saturated heterocycles. The number of hydrogen-bond acceptors (Lipinski definition) is 3. The molecule has 1 N–H and O–H groups in total. The van der Waals surface area contributed by atoms with Gasteiger partial charge in [0.2, 0.25) is 0 Å². The predicted octanol–water partition coefficient (Wildman–Crippen LogP) is 1.87. The second-order valence-corrected chi connectivity index (χ2v) is 6.15. The number of aromatic nitrogens is 2. The lowest BCUT2D eigenvalue weighted by Gasteiger charge is -2.34. The van der Waals surface area contributed by atoms with E-state index in [1.165, 1.54) is 56.3 Å². The Morgan fingerprint density at radius 3 is 3.00 bits per heavy atom. The van der Waals surface area contributed by atoms with Gasteiger partial charge in [-0.3, -0.25) is 4.68 Å². The van der Waals surface area contributed by atoms with Crippen LogP contribution in [0.15, 0.2) is 6.20 Å². The summed E-state index contributed by atoms with van der Waals surface area (Å²) in [6.45, 7) is 2.38. The second kappa shape index (κ2) is 5.63. The quantitative estimate of drug-likeness (QED) is 0.903. The number of aryl methyl sites for hydroxylation is 1. The minimum atomic E-state index is 0.521. The van der Waals surface area contributed by atoms with E-state index in [0.29, 0.717) is 6.04 Å². The summed E-state index contributed by atoms with van der Waals surface area (Å²) in [7, 11) is 4.33. The first-order valence-electron chi connectivity index (χ1n) is 7.70. The Balaban J connectivity index is 1.61. The van der Waals surface area contributed by atoms with Crippen molar-refractivity contribution in [1.82, 2.24) is 20.0 Å². The molecule has 2 heterocycles. The molecular formula is C15H26N4. The van der Waals surface area contributed by atoms with Crippen molar-refractivity contribution in [3.63, 3.8) is 0 Å². The molecule has 0 spiro atoms. The van der Waals surface area contributed by atoms with Crippen LogP contribution in [0.4, 0.5) is 0 Å². The maximum atomic E-state index is 4.42. The van der Waals surface area contributed by atoms with Crippen molar-refractivity contribution < 1.29 is 0 Å². The zero-order chi connectivity index (χ0) is 13.2. The number of rotatable bonds is 3. The summed E-state index contributed by atoms with van der Waals surface area (Å²) in [4.78, 5) is 2.52. The van der Waals surface area contributed by atoms with Crippen molar-refractivity contribution in [2.24, 2.45) is 7.05 Å². The summed E-state index contributed by atoms with van der Waals surface area (Å²) in [5.41, 5.74) is 2.87. The van der Waals surface area contributed by atoms with E-state index in [0.717, 1.165) is 12.6 Å². The summed E-state index contributed by atoms with van der Waals surface area (Å²) in [5.74, 6) is 0. The minimum absolute atomic E-state index is 0.521. The van der Waals surface area contributed by atoms with Crippen molar-refractivity contribution in [2.75, 3.05) is 20.1 Å². The molecular weight excluding hydrogens is 236 g/mol. The van der Waals surface area contributed by atoms with Crippen LogP contribution in [-0.4, -0.2) is 40.9 Å². The summed E-state index contributed by atoms with van der Waals surface area (Å²) in [5, 5.41) is 8.22. The lowest BCUT2D eigenvalue weighted by atomic mass is 9.92. The number of fused-ring (bicyclic) bond motifs is 1. The van der Waals surface area contributed by atoms with Crippen LogP contribution in [0, 0.1) is 0 Å². The molecule has 19 heavy (non-hydrogen) atoms. The van der Waals surface area contributed by atoms with E-state index < -0.39 is 0 Å². The lowest BCUT2D eigenvalue weighted by molar-refractivity contribution is 0.176. The third kappa shape index (κ3) is 2.70. The molecule has 1 aliphatic heterocycles. The SMILES string of the molecule is CN1CCCCC1CNC1CCCc2c1cnn2C. The monoisotopic (exact) mass is 262 g/mol. The van der Waals surface area contributed by atoms with E-state index in [9.17, 15) is 0 Å². The Hall–Kier alpha value is -0.870. The number of nitrogens with one attached hydrogen (secondary N) is 1. The number of likely N-dealkylation sites (tertiary alicyclic amines) is 1. The summed E-state index contributed by atoms with van der Waals surface area (Å²) < 4.78 is 2.05. The molecule has 2 unspecified atom stereocenters. The molecule has 0 bridgehead atoms. The molecule has 0 radical (unpaired) electrons. The number of hydrogen-bond donors (Lipinski definition) is 1. The molecule has 1 aromatic heterocycles. The first kappa shape index (κ1) is 13.1. The molecule has 4 heteroatoms. The molecule has 106 valence electrons. The van der Waals surface area contributed by atoms with Crippen LogP contribution in [0.2, 0.25) is 0 Å². The number of piperidine rings is 1. The van der Waals surface area contributed by atoms with Gasteiger partial charge in [-0.05, 0) is 45.7 Å². The molecule has 1 fully saturated rings. The Kier molecular flexibility index (Phi) is 3.89. The van der Waals surface area contributed by atoms with Gasteiger partial charge in [-0.2, -0.15) is 5.10 Å².